The molecule has 13 heavy (non-hydrogen) atoms. The number of hydrogen-bond acceptors (Lipinski definition) is 3. The molecular weight excluding hydrogens is 168 g/mol. The maximum Gasteiger partial charge on any atom is 0.246 e. The van der Waals surface area contributed by atoms with Crippen molar-refractivity contribution in [2.24, 2.45) is 0 Å². The number of hydrogen-bond donors (Lipinski definition) is 2. The molecule has 0 unspecified atom stereocenters. The van der Waals surface area contributed by atoms with Crippen molar-refractivity contribution in [3.05, 3.63) is 0 Å². The third kappa shape index (κ3) is 2.42. The van der Waals surface area contributed by atoms with Gasteiger partial charge in [-0.15, -0.1) is 0 Å². The molecule has 0 bridgehead atoms. The number of carbonyl (C=O) groups is 1. The maximum atomic E-state index is 11.2. The van der Waals surface area contributed by atoms with E-state index in [0.29, 0.717) is 6.04 Å². The smallest absolute Gasteiger partial charge is 0.246 e. The molecule has 0 aromatic heterocycles. The Hall–Kier alpha value is -0.610. The van der Waals surface area contributed by atoms with Gasteiger partial charge in [-0.25, -0.2) is 0 Å². The first-order valence-corrected chi connectivity index (χ1v) is 4.82. The Morgan fingerprint density at radius 3 is 2.77 bits per heavy atom. The third-order valence-corrected chi connectivity index (χ3v) is 2.49. The van der Waals surface area contributed by atoms with Gasteiger partial charge in [-0.1, -0.05) is 0 Å². The fraction of sp³-hybridized carbons (Fsp3) is 0.889. The van der Waals surface area contributed by atoms with E-state index in [4.69, 9.17) is 4.74 Å². The van der Waals surface area contributed by atoms with Crippen LogP contribution in [-0.4, -0.2) is 37.2 Å². The molecule has 1 amide bonds. The molecule has 0 aromatic carbocycles. The summed E-state index contributed by atoms with van der Waals surface area (Å²) in [5, 5.41) is 6.01. The van der Waals surface area contributed by atoms with Crippen molar-refractivity contribution in [2.45, 2.75) is 31.4 Å². The SMILES string of the molecule is CC1(OCC(=O)NC2CC2)CNC1. The van der Waals surface area contributed by atoms with Gasteiger partial charge in [-0.05, 0) is 19.8 Å². The van der Waals surface area contributed by atoms with E-state index in [2.05, 4.69) is 10.6 Å². The zero-order valence-electron chi connectivity index (χ0n) is 7.93. The molecule has 0 aromatic rings. The molecule has 1 aliphatic heterocycles. The zero-order valence-corrected chi connectivity index (χ0v) is 7.93. The summed E-state index contributed by atoms with van der Waals surface area (Å²) in [6.07, 6.45) is 2.26. The molecule has 2 rings (SSSR count). The molecule has 4 heteroatoms. The summed E-state index contributed by atoms with van der Waals surface area (Å²) in [5.41, 5.74) is -0.110. The van der Waals surface area contributed by atoms with E-state index >= 15 is 0 Å². The van der Waals surface area contributed by atoms with Crippen molar-refractivity contribution in [1.82, 2.24) is 10.6 Å². The van der Waals surface area contributed by atoms with Crippen molar-refractivity contribution < 1.29 is 9.53 Å². The van der Waals surface area contributed by atoms with Crippen LogP contribution in [0.25, 0.3) is 0 Å². The van der Waals surface area contributed by atoms with Gasteiger partial charge in [0.1, 0.15) is 6.61 Å². The predicted molar refractivity (Wildman–Crippen MR) is 48.4 cm³/mol. The lowest BCUT2D eigenvalue weighted by Crippen LogP contribution is -2.59. The summed E-state index contributed by atoms with van der Waals surface area (Å²) < 4.78 is 5.48. The van der Waals surface area contributed by atoms with Gasteiger partial charge in [0.2, 0.25) is 5.91 Å². The largest absolute Gasteiger partial charge is 0.363 e. The molecule has 2 N–H and O–H groups in total. The molecule has 1 saturated heterocycles. The second kappa shape index (κ2) is 3.27. The van der Waals surface area contributed by atoms with Gasteiger partial charge in [0.05, 0.1) is 5.60 Å². The van der Waals surface area contributed by atoms with Crippen LogP contribution in [0.1, 0.15) is 19.8 Å². The molecule has 4 nitrogen and oxygen atoms in total. The average Bonchev–Trinajstić information content (AvgIpc) is 2.81. The predicted octanol–water partition coefficient (Wildman–Crippen LogP) is -0.357. The van der Waals surface area contributed by atoms with E-state index in [0.717, 1.165) is 25.9 Å². The summed E-state index contributed by atoms with van der Waals surface area (Å²) in [4.78, 5) is 11.2. The average molecular weight is 184 g/mol. The van der Waals surface area contributed by atoms with Crippen LogP contribution in [0.5, 0.6) is 0 Å². The summed E-state index contributed by atoms with van der Waals surface area (Å²) in [6.45, 7) is 3.93. The fourth-order valence-corrected chi connectivity index (χ4v) is 1.32. The van der Waals surface area contributed by atoms with E-state index in [1.165, 1.54) is 0 Å². The van der Waals surface area contributed by atoms with E-state index < -0.39 is 0 Å². The first kappa shape index (κ1) is 8.97. The minimum absolute atomic E-state index is 0.0237. The third-order valence-electron chi connectivity index (χ3n) is 2.49. The van der Waals surface area contributed by atoms with E-state index in [1.807, 2.05) is 6.92 Å². The van der Waals surface area contributed by atoms with Crippen LogP contribution >= 0.6 is 0 Å². The minimum atomic E-state index is -0.110. The van der Waals surface area contributed by atoms with Gasteiger partial charge in [-0.2, -0.15) is 0 Å². The van der Waals surface area contributed by atoms with Crippen LogP contribution in [0, 0.1) is 0 Å². The number of nitrogens with one attached hydrogen (secondary N) is 2. The van der Waals surface area contributed by atoms with E-state index in [9.17, 15) is 4.79 Å². The normalized spacial score (nSPS) is 25.0. The number of ether oxygens (including phenoxy) is 1. The Morgan fingerprint density at radius 2 is 2.31 bits per heavy atom. The summed E-state index contributed by atoms with van der Waals surface area (Å²) >= 11 is 0. The van der Waals surface area contributed by atoms with Gasteiger partial charge >= 0.3 is 0 Å². The highest BCUT2D eigenvalue weighted by atomic mass is 16.5. The lowest BCUT2D eigenvalue weighted by Gasteiger charge is -2.38. The number of carbonyl (C=O) groups excluding carboxylic acids is 1. The molecule has 0 spiro atoms. The highest BCUT2D eigenvalue weighted by Crippen LogP contribution is 2.19. The van der Waals surface area contributed by atoms with Crippen LogP contribution < -0.4 is 10.6 Å². The lowest BCUT2D eigenvalue weighted by atomic mass is 10.0. The first-order valence-electron chi connectivity index (χ1n) is 4.82. The van der Waals surface area contributed by atoms with E-state index in [1.54, 1.807) is 0 Å². The Bertz CT molecular complexity index is 210. The fourth-order valence-electron chi connectivity index (χ4n) is 1.32. The molecular formula is C9H16N2O2. The van der Waals surface area contributed by atoms with Crippen LogP contribution in [-0.2, 0) is 9.53 Å². The van der Waals surface area contributed by atoms with Crippen molar-refractivity contribution in [3.8, 4) is 0 Å². The van der Waals surface area contributed by atoms with Crippen LogP contribution in [0.2, 0.25) is 0 Å². The molecule has 2 aliphatic rings. The maximum absolute atomic E-state index is 11.2. The van der Waals surface area contributed by atoms with Crippen molar-refractivity contribution in [3.63, 3.8) is 0 Å². The summed E-state index contributed by atoms with van der Waals surface area (Å²) in [7, 11) is 0. The van der Waals surface area contributed by atoms with Crippen molar-refractivity contribution in [1.29, 1.82) is 0 Å². The van der Waals surface area contributed by atoms with Crippen LogP contribution in [0.3, 0.4) is 0 Å². The van der Waals surface area contributed by atoms with Crippen molar-refractivity contribution in [2.75, 3.05) is 19.7 Å². The lowest BCUT2D eigenvalue weighted by molar-refractivity contribution is -0.135. The van der Waals surface area contributed by atoms with Gasteiger partial charge in [0.25, 0.3) is 0 Å². The molecule has 0 radical (unpaired) electrons. The van der Waals surface area contributed by atoms with Gasteiger partial charge in [0.15, 0.2) is 0 Å². The quantitative estimate of drug-likeness (QED) is 0.627. The number of rotatable bonds is 4. The second-order valence-electron chi connectivity index (χ2n) is 4.18. The minimum Gasteiger partial charge on any atom is -0.363 e. The molecule has 74 valence electrons. The van der Waals surface area contributed by atoms with Crippen LogP contribution in [0.4, 0.5) is 0 Å². The van der Waals surface area contributed by atoms with E-state index in [-0.39, 0.29) is 18.1 Å². The second-order valence-corrected chi connectivity index (χ2v) is 4.18. The first-order chi connectivity index (χ1) is 6.18. The van der Waals surface area contributed by atoms with Gasteiger partial charge in [-0.3, -0.25) is 4.79 Å². The Kier molecular flexibility index (Phi) is 2.26. The molecule has 1 heterocycles. The zero-order chi connectivity index (χ0) is 9.31. The molecule has 0 atom stereocenters. The summed E-state index contributed by atoms with van der Waals surface area (Å²) in [5.74, 6) is 0.0237. The van der Waals surface area contributed by atoms with Crippen molar-refractivity contribution >= 4 is 5.91 Å². The standard InChI is InChI=1S/C9H16N2O2/c1-9(5-10-6-9)13-4-8(12)11-7-2-3-7/h7,10H,2-6H2,1H3,(H,11,12). The Morgan fingerprint density at radius 1 is 1.62 bits per heavy atom. The highest BCUT2D eigenvalue weighted by Gasteiger charge is 2.33. The van der Waals surface area contributed by atoms with Gasteiger partial charge in [0, 0.05) is 19.1 Å². The van der Waals surface area contributed by atoms with Crippen LogP contribution in [0.15, 0.2) is 0 Å². The molecule has 1 aliphatic carbocycles. The summed E-state index contributed by atoms with van der Waals surface area (Å²) in [6, 6.07) is 0.434. The van der Waals surface area contributed by atoms with Gasteiger partial charge < -0.3 is 15.4 Å². The highest BCUT2D eigenvalue weighted by molar-refractivity contribution is 5.77. The topological polar surface area (TPSA) is 50.4 Å². The number of amides is 1. The monoisotopic (exact) mass is 184 g/mol. The Labute approximate surface area is 78.0 Å². The molecule has 2 fully saturated rings. The Balaban J connectivity index is 1.63. The molecule has 1 saturated carbocycles.